The average molecular weight is 481 g/mol. The van der Waals surface area contributed by atoms with Gasteiger partial charge in [-0.15, -0.1) is 0 Å². The molecule has 12 nitrogen and oxygen atoms in total. The van der Waals surface area contributed by atoms with Gasteiger partial charge in [-0.3, -0.25) is 28.9 Å². The molecule has 12 heteroatoms. The largest absolute Gasteiger partial charge is 0.357 e. The molecule has 7 amide bonds. The minimum Gasteiger partial charge on any atom is -0.357 e. The van der Waals surface area contributed by atoms with Gasteiger partial charge in [0.1, 0.15) is 12.1 Å². The molecule has 190 valence electrons. The first-order valence-corrected chi connectivity index (χ1v) is 11.4. The number of unbranched alkanes of at least 4 members (excludes halogenated alkanes) is 2. The lowest BCUT2D eigenvalue weighted by atomic mass is 10.0. The average Bonchev–Trinajstić information content (AvgIpc) is 3.10. The number of hydrogen-bond donors (Lipinski definition) is 5. The van der Waals surface area contributed by atoms with E-state index in [4.69, 9.17) is 5.73 Å². The Morgan fingerprint density at radius 1 is 0.941 bits per heavy atom. The van der Waals surface area contributed by atoms with Crippen molar-refractivity contribution in [3.05, 3.63) is 12.2 Å². The van der Waals surface area contributed by atoms with Gasteiger partial charge in [0.15, 0.2) is 0 Å². The summed E-state index contributed by atoms with van der Waals surface area (Å²) in [7, 11) is 1.46. The van der Waals surface area contributed by atoms with Crippen molar-refractivity contribution in [1.29, 1.82) is 0 Å². The SMILES string of the molecule is CNC(=O)C(CCCNC(N)=O)NC(=O)C(NC(=O)CCCCCN1C(=O)C=CC1=O)C(C)C. The molecule has 0 saturated carbocycles. The number of nitrogens with two attached hydrogens (primary N) is 1. The van der Waals surface area contributed by atoms with Gasteiger partial charge in [0.05, 0.1) is 0 Å². The van der Waals surface area contributed by atoms with Crippen LogP contribution < -0.4 is 27.0 Å². The second kappa shape index (κ2) is 14.7. The fourth-order valence-electron chi connectivity index (χ4n) is 3.39. The molecule has 0 spiro atoms. The van der Waals surface area contributed by atoms with Crippen molar-refractivity contribution in [2.75, 3.05) is 20.1 Å². The number of carbonyl (C=O) groups is 6. The predicted octanol–water partition coefficient (Wildman–Crippen LogP) is -0.708. The number of rotatable bonds is 15. The van der Waals surface area contributed by atoms with Crippen molar-refractivity contribution in [3.8, 4) is 0 Å². The standard InChI is InChI=1S/C22H36N6O6/c1-14(2)19(21(33)26-15(20(32)24-3)8-7-12-25-22(23)34)27-16(29)9-5-4-6-13-28-17(30)10-11-18(28)31/h10-11,14-15,19H,4-9,12-13H2,1-3H3,(H,24,32)(H,26,33)(H,27,29)(H3,23,25,34). The monoisotopic (exact) mass is 480 g/mol. The second-order valence-corrected chi connectivity index (χ2v) is 8.37. The van der Waals surface area contributed by atoms with Gasteiger partial charge in [0.25, 0.3) is 11.8 Å². The van der Waals surface area contributed by atoms with Gasteiger partial charge in [-0.2, -0.15) is 0 Å². The number of nitrogens with zero attached hydrogens (tertiary/aromatic N) is 1. The van der Waals surface area contributed by atoms with E-state index in [1.165, 1.54) is 19.2 Å². The van der Waals surface area contributed by atoms with Crippen molar-refractivity contribution in [2.24, 2.45) is 11.7 Å². The van der Waals surface area contributed by atoms with Gasteiger partial charge in [-0.25, -0.2) is 4.79 Å². The molecule has 34 heavy (non-hydrogen) atoms. The van der Waals surface area contributed by atoms with Crippen LogP contribution in [0.5, 0.6) is 0 Å². The quantitative estimate of drug-likeness (QED) is 0.153. The molecular formula is C22H36N6O6. The first-order chi connectivity index (χ1) is 16.1. The molecular weight excluding hydrogens is 444 g/mol. The van der Waals surface area contributed by atoms with Crippen molar-refractivity contribution < 1.29 is 28.8 Å². The molecule has 1 aliphatic rings. The Kier molecular flexibility index (Phi) is 12.3. The van der Waals surface area contributed by atoms with Crippen LogP contribution >= 0.6 is 0 Å². The first-order valence-electron chi connectivity index (χ1n) is 11.4. The van der Waals surface area contributed by atoms with E-state index >= 15 is 0 Å². The Balaban J connectivity index is 2.48. The lowest BCUT2D eigenvalue weighted by Gasteiger charge is -2.25. The third kappa shape index (κ3) is 10.0. The summed E-state index contributed by atoms with van der Waals surface area (Å²) in [5.41, 5.74) is 5.02. The van der Waals surface area contributed by atoms with E-state index in [2.05, 4.69) is 21.3 Å². The van der Waals surface area contributed by atoms with Gasteiger partial charge < -0.3 is 27.0 Å². The maximum Gasteiger partial charge on any atom is 0.312 e. The minimum absolute atomic E-state index is 0.189. The number of imide groups is 1. The first kappa shape index (κ1) is 28.6. The van der Waals surface area contributed by atoms with Crippen LogP contribution in [-0.2, 0) is 24.0 Å². The Morgan fingerprint density at radius 3 is 2.15 bits per heavy atom. The maximum atomic E-state index is 12.8. The minimum atomic E-state index is -0.825. The van der Waals surface area contributed by atoms with E-state index in [1.54, 1.807) is 13.8 Å². The van der Waals surface area contributed by atoms with Crippen LogP contribution in [0.15, 0.2) is 12.2 Å². The lowest BCUT2D eigenvalue weighted by Crippen LogP contribution is -2.55. The number of amides is 7. The third-order valence-electron chi connectivity index (χ3n) is 5.30. The molecule has 0 aromatic carbocycles. The Bertz CT molecular complexity index is 779. The van der Waals surface area contributed by atoms with Crippen LogP contribution in [0, 0.1) is 5.92 Å². The highest BCUT2D eigenvalue weighted by atomic mass is 16.2. The zero-order valence-corrected chi connectivity index (χ0v) is 20.0. The van der Waals surface area contributed by atoms with Crippen LogP contribution in [0.4, 0.5) is 4.79 Å². The van der Waals surface area contributed by atoms with Crippen LogP contribution in [0.25, 0.3) is 0 Å². The number of urea groups is 1. The van der Waals surface area contributed by atoms with Crippen LogP contribution in [-0.4, -0.2) is 72.7 Å². The fourth-order valence-corrected chi connectivity index (χ4v) is 3.39. The van der Waals surface area contributed by atoms with Gasteiger partial charge in [-0.1, -0.05) is 20.3 Å². The van der Waals surface area contributed by atoms with Crippen molar-refractivity contribution in [3.63, 3.8) is 0 Å². The highest BCUT2D eigenvalue weighted by molar-refractivity contribution is 6.12. The second-order valence-electron chi connectivity index (χ2n) is 8.37. The van der Waals surface area contributed by atoms with Crippen molar-refractivity contribution in [1.82, 2.24) is 26.2 Å². The number of nitrogens with one attached hydrogen (secondary N) is 4. The zero-order chi connectivity index (χ0) is 25.7. The van der Waals surface area contributed by atoms with E-state index in [-0.39, 0.29) is 48.9 Å². The van der Waals surface area contributed by atoms with Gasteiger partial charge >= 0.3 is 6.03 Å². The molecule has 0 bridgehead atoms. The normalized spacial score (nSPS) is 14.6. The molecule has 1 rings (SSSR count). The molecule has 0 aliphatic carbocycles. The van der Waals surface area contributed by atoms with Gasteiger partial charge in [0.2, 0.25) is 17.7 Å². The topological polar surface area (TPSA) is 180 Å². The van der Waals surface area contributed by atoms with E-state index < -0.39 is 24.0 Å². The van der Waals surface area contributed by atoms with Crippen molar-refractivity contribution >= 4 is 35.6 Å². The summed E-state index contributed by atoms with van der Waals surface area (Å²) >= 11 is 0. The molecule has 2 atom stereocenters. The lowest BCUT2D eigenvalue weighted by molar-refractivity contribution is -0.137. The van der Waals surface area contributed by atoms with Crippen molar-refractivity contribution in [2.45, 2.75) is 64.5 Å². The van der Waals surface area contributed by atoms with E-state index in [9.17, 15) is 28.8 Å². The number of hydrogen-bond acceptors (Lipinski definition) is 6. The van der Waals surface area contributed by atoms with E-state index in [0.717, 1.165) is 4.90 Å². The number of carbonyl (C=O) groups excluding carboxylic acids is 6. The van der Waals surface area contributed by atoms with Gasteiger partial charge in [0, 0.05) is 38.7 Å². The molecule has 6 N–H and O–H groups in total. The number of likely N-dealkylation sites (N-methyl/N-ethyl adjacent to an activating group) is 1. The van der Waals surface area contributed by atoms with Crippen LogP contribution in [0.1, 0.15) is 52.4 Å². The Morgan fingerprint density at radius 2 is 1.59 bits per heavy atom. The summed E-state index contributed by atoms with van der Waals surface area (Å²) in [6, 6.07) is -2.32. The van der Waals surface area contributed by atoms with Crippen LogP contribution in [0.2, 0.25) is 0 Å². The summed E-state index contributed by atoms with van der Waals surface area (Å²) in [5.74, 6) is -2.03. The molecule has 1 aliphatic heterocycles. The summed E-state index contributed by atoms with van der Waals surface area (Å²) in [5, 5.41) is 10.3. The highest BCUT2D eigenvalue weighted by Gasteiger charge is 2.28. The van der Waals surface area contributed by atoms with E-state index in [1.807, 2.05) is 0 Å². The molecule has 1 heterocycles. The summed E-state index contributed by atoms with van der Waals surface area (Å²) < 4.78 is 0. The molecule has 0 aromatic rings. The van der Waals surface area contributed by atoms with Gasteiger partial charge in [-0.05, 0) is 31.6 Å². The predicted molar refractivity (Wildman–Crippen MR) is 124 cm³/mol. The summed E-state index contributed by atoms with van der Waals surface area (Å²) in [4.78, 5) is 72.3. The summed E-state index contributed by atoms with van der Waals surface area (Å²) in [6.07, 6.45) is 5.12. The molecule has 0 fully saturated rings. The molecule has 0 radical (unpaired) electrons. The highest BCUT2D eigenvalue weighted by Crippen LogP contribution is 2.09. The summed E-state index contributed by atoms with van der Waals surface area (Å²) in [6.45, 7) is 4.14. The fraction of sp³-hybridized carbons (Fsp3) is 0.636. The Labute approximate surface area is 199 Å². The molecule has 0 aromatic heterocycles. The zero-order valence-electron chi connectivity index (χ0n) is 20.0. The maximum absolute atomic E-state index is 12.8. The number of primary amides is 1. The Hall–Kier alpha value is -3.44. The van der Waals surface area contributed by atoms with Crippen LogP contribution in [0.3, 0.4) is 0 Å². The molecule has 0 saturated heterocycles. The third-order valence-corrected chi connectivity index (χ3v) is 5.30. The van der Waals surface area contributed by atoms with E-state index in [0.29, 0.717) is 32.2 Å². The smallest absolute Gasteiger partial charge is 0.312 e. The molecule has 2 unspecified atom stereocenters.